The van der Waals surface area contributed by atoms with Gasteiger partial charge in [0.25, 0.3) is 0 Å². The smallest absolute Gasteiger partial charge is 0.410 e. The molecule has 1 N–H and O–H groups in total. The zero-order valence-corrected chi connectivity index (χ0v) is 15.0. The van der Waals surface area contributed by atoms with E-state index in [0.717, 1.165) is 24.2 Å². The molecule has 0 aliphatic heterocycles. The minimum atomic E-state index is -0.480. The van der Waals surface area contributed by atoms with Gasteiger partial charge in [0, 0.05) is 19.3 Å². The van der Waals surface area contributed by atoms with Gasteiger partial charge in [0.2, 0.25) is 0 Å². The summed E-state index contributed by atoms with van der Waals surface area (Å²) in [5.41, 5.74) is 2.96. The summed E-state index contributed by atoms with van der Waals surface area (Å²) in [6.45, 7) is 12.8. The maximum atomic E-state index is 12.2. The first kappa shape index (κ1) is 18.3. The van der Waals surface area contributed by atoms with Gasteiger partial charge in [-0.2, -0.15) is 0 Å². The Morgan fingerprint density at radius 3 is 2.55 bits per heavy atom. The van der Waals surface area contributed by atoms with E-state index in [-0.39, 0.29) is 12.1 Å². The largest absolute Gasteiger partial charge is 0.444 e. The number of aryl methyl sites for hydroxylation is 1. The third-order valence-corrected chi connectivity index (χ3v) is 3.57. The number of benzene rings is 1. The van der Waals surface area contributed by atoms with Gasteiger partial charge >= 0.3 is 6.09 Å². The Morgan fingerprint density at radius 1 is 1.36 bits per heavy atom. The molecule has 0 fully saturated rings. The second-order valence-corrected chi connectivity index (χ2v) is 6.77. The minimum absolute atomic E-state index is 0.0439. The highest BCUT2D eigenvalue weighted by Gasteiger charge is 2.24. The average Bonchev–Trinajstić information content (AvgIpc) is 2.43. The molecule has 124 valence electrons. The normalized spacial score (nSPS) is 12.7. The van der Waals surface area contributed by atoms with E-state index in [4.69, 9.17) is 4.74 Å². The van der Waals surface area contributed by atoms with Gasteiger partial charge in [-0.25, -0.2) is 4.79 Å². The summed E-state index contributed by atoms with van der Waals surface area (Å²) in [6, 6.07) is 6.24. The second kappa shape index (κ2) is 7.52. The van der Waals surface area contributed by atoms with Gasteiger partial charge in [0.05, 0.1) is 6.04 Å². The summed E-state index contributed by atoms with van der Waals surface area (Å²) >= 11 is 0. The molecule has 1 aromatic rings. The van der Waals surface area contributed by atoms with Gasteiger partial charge in [0.15, 0.2) is 0 Å². The average molecular weight is 306 g/mol. The molecule has 0 aliphatic rings. The Bertz CT molecular complexity index is 506. The molecule has 0 spiro atoms. The van der Waals surface area contributed by atoms with E-state index in [0.29, 0.717) is 0 Å². The Kier molecular flexibility index (Phi) is 6.27. The van der Waals surface area contributed by atoms with Crippen molar-refractivity contribution in [2.75, 3.05) is 18.9 Å². The van der Waals surface area contributed by atoms with Crippen molar-refractivity contribution in [3.8, 4) is 0 Å². The molecule has 22 heavy (non-hydrogen) atoms. The van der Waals surface area contributed by atoms with Crippen molar-refractivity contribution in [2.24, 2.45) is 0 Å². The van der Waals surface area contributed by atoms with Crippen molar-refractivity contribution in [1.82, 2.24) is 4.90 Å². The molecule has 0 unspecified atom stereocenters. The lowest BCUT2D eigenvalue weighted by atomic mass is 10.0. The van der Waals surface area contributed by atoms with Gasteiger partial charge in [-0.05, 0) is 58.2 Å². The fraction of sp³-hybridized carbons (Fsp3) is 0.611. The molecule has 1 atom stereocenters. The zero-order valence-electron chi connectivity index (χ0n) is 15.0. The molecule has 0 radical (unpaired) electrons. The molecule has 0 bridgehead atoms. The van der Waals surface area contributed by atoms with Crippen LogP contribution in [0.4, 0.5) is 10.5 Å². The molecule has 1 rings (SSSR count). The standard InChI is InChI=1S/C18H30N2O2/c1-8-11-19-16-12-15(10-9-13(16)2)14(3)20(7)17(21)22-18(4,5)6/h9-10,12,14,19H,8,11H2,1-7H3/t14-/m1/s1. The van der Waals surface area contributed by atoms with Crippen LogP contribution in [0.15, 0.2) is 18.2 Å². The fourth-order valence-corrected chi connectivity index (χ4v) is 2.07. The zero-order chi connectivity index (χ0) is 16.9. The van der Waals surface area contributed by atoms with Crippen LogP contribution in [0.3, 0.4) is 0 Å². The number of hydrogen-bond acceptors (Lipinski definition) is 3. The van der Waals surface area contributed by atoms with Crippen LogP contribution in [0.5, 0.6) is 0 Å². The van der Waals surface area contributed by atoms with E-state index in [1.165, 1.54) is 5.56 Å². The van der Waals surface area contributed by atoms with Crippen molar-refractivity contribution < 1.29 is 9.53 Å². The highest BCUT2D eigenvalue weighted by atomic mass is 16.6. The van der Waals surface area contributed by atoms with E-state index in [2.05, 4.69) is 37.4 Å². The number of carbonyl (C=O) groups excluding carboxylic acids is 1. The summed E-state index contributed by atoms with van der Waals surface area (Å²) < 4.78 is 5.43. The molecule has 0 aliphatic carbocycles. The van der Waals surface area contributed by atoms with Gasteiger partial charge in [-0.3, -0.25) is 0 Å². The first-order chi connectivity index (χ1) is 10.2. The maximum absolute atomic E-state index is 12.2. The first-order valence-corrected chi connectivity index (χ1v) is 7.96. The van der Waals surface area contributed by atoms with Crippen molar-refractivity contribution in [3.05, 3.63) is 29.3 Å². The SMILES string of the molecule is CCCNc1cc([C@@H](C)N(C)C(=O)OC(C)(C)C)ccc1C. The summed E-state index contributed by atoms with van der Waals surface area (Å²) in [4.78, 5) is 13.8. The van der Waals surface area contributed by atoms with Crippen LogP contribution in [-0.2, 0) is 4.74 Å². The van der Waals surface area contributed by atoms with E-state index in [1.54, 1.807) is 11.9 Å². The van der Waals surface area contributed by atoms with Crippen LogP contribution in [0, 0.1) is 6.92 Å². The van der Waals surface area contributed by atoms with Crippen molar-refractivity contribution >= 4 is 11.8 Å². The summed E-state index contributed by atoms with van der Waals surface area (Å²) in [6.07, 6.45) is 0.778. The molecular weight excluding hydrogens is 276 g/mol. The van der Waals surface area contributed by atoms with E-state index in [9.17, 15) is 4.79 Å². The second-order valence-electron chi connectivity index (χ2n) is 6.77. The van der Waals surface area contributed by atoms with Crippen LogP contribution < -0.4 is 5.32 Å². The van der Waals surface area contributed by atoms with Crippen LogP contribution in [0.2, 0.25) is 0 Å². The van der Waals surface area contributed by atoms with E-state index in [1.807, 2.05) is 27.7 Å². The first-order valence-electron chi connectivity index (χ1n) is 7.96. The predicted molar refractivity (Wildman–Crippen MR) is 92.4 cm³/mol. The Balaban J connectivity index is 2.88. The lowest BCUT2D eigenvalue weighted by molar-refractivity contribution is 0.0234. The highest BCUT2D eigenvalue weighted by Crippen LogP contribution is 2.25. The molecular formula is C18H30N2O2. The van der Waals surface area contributed by atoms with Crippen LogP contribution >= 0.6 is 0 Å². The summed E-state index contributed by atoms with van der Waals surface area (Å²) in [5, 5.41) is 3.43. The van der Waals surface area contributed by atoms with E-state index >= 15 is 0 Å². The van der Waals surface area contributed by atoms with Crippen molar-refractivity contribution in [1.29, 1.82) is 0 Å². The molecule has 0 heterocycles. The van der Waals surface area contributed by atoms with Crippen LogP contribution in [0.25, 0.3) is 0 Å². The molecule has 1 aromatic carbocycles. The van der Waals surface area contributed by atoms with Crippen LogP contribution in [-0.4, -0.2) is 30.2 Å². The lowest BCUT2D eigenvalue weighted by Gasteiger charge is -2.29. The monoisotopic (exact) mass is 306 g/mol. The van der Waals surface area contributed by atoms with Gasteiger partial charge in [-0.1, -0.05) is 19.1 Å². The number of hydrogen-bond donors (Lipinski definition) is 1. The predicted octanol–water partition coefficient (Wildman–Crippen LogP) is 4.74. The third kappa shape index (κ3) is 5.24. The van der Waals surface area contributed by atoms with Crippen molar-refractivity contribution in [2.45, 2.75) is 59.6 Å². The number of carbonyl (C=O) groups is 1. The van der Waals surface area contributed by atoms with Gasteiger partial charge in [0.1, 0.15) is 5.60 Å². The Morgan fingerprint density at radius 2 is 2.00 bits per heavy atom. The minimum Gasteiger partial charge on any atom is -0.444 e. The number of anilines is 1. The molecule has 0 saturated carbocycles. The fourth-order valence-electron chi connectivity index (χ4n) is 2.07. The molecule has 0 aromatic heterocycles. The Labute approximate surface area is 134 Å². The number of rotatable bonds is 5. The summed E-state index contributed by atoms with van der Waals surface area (Å²) in [7, 11) is 1.78. The molecule has 0 saturated heterocycles. The highest BCUT2D eigenvalue weighted by molar-refractivity contribution is 5.68. The number of nitrogens with one attached hydrogen (secondary N) is 1. The third-order valence-electron chi connectivity index (χ3n) is 3.57. The molecule has 4 heteroatoms. The van der Waals surface area contributed by atoms with Crippen LogP contribution in [0.1, 0.15) is 58.2 Å². The molecule has 1 amide bonds. The Hall–Kier alpha value is -1.71. The summed E-state index contributed by atoms with van der Waals surface area (Å²) in [5.74, 6) is 0. The number of ether oxygens (including phenoxy) is 1. The lowest BCUT2D eigenvalue weighted by Crippen LogP contribution is -2.35. The van der Waals surface area contributed by atoms with E-state index < -0.39 is 5.60 Å². The number of nitrogens with zero attached hydrogens (tertiary/aromatic N) is 1. The molecule has 4 nitrogen and oxygen atoms in total. The maximum Gasteiger partial charge on any atom is 0.410 e. The van der Waals surface area contributed by atoms with Crippen molar-refractivity contribution in [3.63, 3.8) is 0 Å². The quantitative estimate of drug-likeness (QED) is 0.854. The topological polar surface area (TPSA) is 41.6 Å². The number of amides is 1. The van der Waals surface area contributed by atoms with Gasteiger partial charge in [-0.15, -0.1) is 0 Å². The van der Waals surface area contributed by atoms with Gasteiger partial charge < -0.3 is 15.0 Å².